The predicted octanol–water partition coefficient (Wildman–Crippen LogP) is 0.534. The molecule has 0 saturated heterocycles. The SMILES string of the molecule is Cn1ncc2c1CCC2C(=O)O. The molecule has 64 valence electrons. The number of fused-ring (bicyclic) bond motifs is 1. The van der Waals surface area contributed by atoms with Crippen molar-refractivity contribution in [1.29, 1.82) is 0 Å². The fourth-order valence-electron chi connectivity index (χ4n) is 1.77. The lowest BCUT2D eigenvalue weighted by Crippen LogP contribution is -2.06. The van der Waals surface area contributed by atoms with Crippen molar-refractivity contribution in [3.8, 4) is 0 Å². The van der Waals surface area contributed by atoms with Crippen LogP contribution in [0.25, 0.3) is 0 Å². The average Bonchev–Trinajstić information content (AvgIpc) is 2.53. The van der Waals surface area contributed by atoms with Crippen LogP contribution in [0.15, 0.2) is 6.20 Å². The summed E-state index contributed by atoms with van der Waals surface area (Å²) < 4.78 is 1.76. The molecule has 0 spiro atoms. The molecule has 1 aromatic rings. The van der Waals surface area contributed by atoms with Gasteiger partial charge in [-0.25, -0.2) is 0 Å². The molecular weight excluding hydrogens is 156 g/mol. The van der Waals surface area contributed by atoms with Crippen molar-refractivity contribution < 1.29 is 9.90 Å². The largest absolute Gasteiger partial charge is 0.481 e. The molecule has 4 nitrogen and oxygen atoms in total. The molecule has 2 rings (SSSR count). The molecule has 0 fully saturated rings. The Kier molecular flexibility index (Phi) is 1.43. The lowest BCUT2D eigenvalue weighted by molar-refractivity contribution is -0.138. The third-order valence-electron chi connectivity index (χ3n) is 2.44. The number of hydrogen-bond acceptors (Lipinski definition) is 2. The van der Waals surface area contributed by atoms with E-state index in [9.17, 15) is 4.79 Å². The number of aliphatic carboxylic acids is 1. The lowest BCUT2D eigenvalue weighted by Gasteiger charge is -1.99. The number of carboxylic acid groups (broad SMARTS) is 1. The smallest absolute Gasteiger partial charge is 0.311 e. The first-order chi connectivity index (χ1) is 5.70. The van der Waals surface area contributed by atoms with E-state index in [1.807, 2.05) is 7.05 Å². The van der Waals surface area contributed by atoms with Crippen molar-refractivity contribution in [3.05, 3.63) is 17.5 Å². The number of carbonyl (C=O) groups is 1. The van der Waals surface area contributed by atoms with E-state index in [1.165, 1.54) is 0 Å². The lowest BCUT2D eigenvalue weighted by atomic mass is 10.1. The van der Waals surface area contributed by atoms with Gasteiger partial charge in [0, 0.05) is 18.3 Å². The van der Waals surface area contributed by atoms with Crippen molar-refractivity contribution >= 4 is 5.97 Å². The highest BCUT2D eigenvalue weighted by Crippen LogP contribution is 2.32. The predicted molar refractivity (Wildman–Crippen MR) is 41.9 cm³/mol. The minimum absolute atomic E-state index is 0.325. The Morgan fingerprint density at radius 1 is 1.83 bits per heavy atom. The van der Waals surface area contributed by atoms with E-state index >= 15 is 0 Å². The van der Waals surface area contributed by atoms with Crippen LogP contribution < -0.4 is 0 Å². The molecule has 0 radical (unpaired) electrons. The third-order valence-corrected chi connectivity index (χ3v) is 2.44. The molecule has 1 atom stereocenters. The van der Waals surface area contributed by atoms with Gasteiger partial charge in [0.2, 0.25) is 0 Å². The molecule has 0 saturated carbocycles. The number of carboxylic acids is 1. The van der Waals surface area contributed by atoms with Crippen molar-refractivity contribution in [3.63, 3.8) is 0 Å². The normalized spacial score (nSPS) is 20.9. The van der Waals surface area contributed by atoms with Gasteiger partial charge in [-0.2, -0.15) is 5.10 Å². The Morgan fingerprint density at radius 3 is 3.25 bits per heavy atom. The van der Waals surface area contributed by atoms with E-state index < -0.39 is 5.97 Å². The summed E-state index contributed by atoms with van der Waals surface area (Å²) in [6.07, 6.45) is 3.22. The number of aromatic nitrogens is 2. The Morgan fingerprint density at radius 2 is 2.58 bits per heavy atom. The van der Waals surface area contributed by atoms with Crippen molar-refractivity contribution in [1.82, 2.24) is 9.78 Å². The van der Waals surface area contributed by atoms with Crippen LogP contribution in [0, 0.1) is 0 Å². The van der Waals surface area contributed by atoms with E-state index in [4.69, 9.17) is 5.11 Å². The van der Waals surface area contributed by atoms with Gasteiger partial charge in [0.05, 0.1) is 12.1 Å². The first-order valence-corrected chi connectivity index (χ1v) is 3.93. The number of hydrogen-bond donors (Lipinski definition) is 1. The molecule has 0 aromatic carbocycles. The van der Waals surface area contributed by atoms with E-state index in [2.05, 4.69) is 5.10 Å². The number of aryl methyl sites for hydroxylation is 1. The fourth-order valence-corrected chi connectivity index (χ4v) is 1.77. The molecular formula is C8H10N2O2. The second-order valence-corrected chi connectivity index (χ2v) is 3.10. The van der Waals surface area contributed by atoms with Crippen LogP contribution in [0.4, 0.5) is 0 Å². The van der Waals surface area contributed by atoms with E-state index in [-0.39, 0.29) is 5.92 Å². The molecule has 12 heavy (non-hydrogen) atoms. The summed E-state index contributed by atoms with van der Waals surface area (Å²) in [5.74, 6) is -1.06. The van der Waals surface area contributed by atoms with Gasteiger partial charge < -0.3 is 5.11 Å². The van der Waals surface area contributed by atoms with Crippen LogP contribution in [0.5, 0.6) is 0 Å². The van der Waals surface area contributed by atoms with Crippen LogP contribution in [-0.4, -0.2) is 20.9 Å². The average molecular weight is 166 g/mol. The van der Waals surface area contributed by atoms with Gasteiger partial charge in [-0.3, -0.25) is 9.48 Å². The second-order valence-electron chi connectivity index (χ2n) is 3.10. The van der Waals surface area contributed by atoms with Crippen LogP contribution in [0.2, 0.25) is 0 Å². The summed E-state index contributed by atoms with van der Waals surface area (Å²) in [4.78, 5) is 10.7. The van der Waals surface area contributed by atoms with Gasteiger partial charge in [-0.05, 0) is 12.8 Å². The highest BCUT2D eigenvalue weighted by Gasteiger charge is 2.30. The zero-order chi connectivity index (χ0) is 8.72. The van der Waals surface area contributed by atoms with Crippen LogP contribution >= 0.6 is 0 Å². The molecule has 1 N–H and O–H groups in total. The molecule has 1 aromatic heterocycles. The zero-order valence-electron chi connectivity index (χ0n) is 6.82. The van der Waals surface area contributed by atoms with Gasteiger partial charge in [-0.15, -0.1) is 0 Å². The molecule has 1 heterocycles. The van der Waals surface area contributed by atoms with E-state index in [0.29, 0.717) is 0 Å². The summed E-state index contributed by atoms with van der Waals surface area (Å²) in [6, 6.07) is 0. The molecule has 1 aliphatic rings. The topological polar surface area (TPSA) is 55.1 Å². The van der Waals surface area contributed by atoms with Gasteiger partial charge in [0.1, 0.15) is 0 Å². The Hall–Kier alpha value is -1.32. The van der Waals surface area contributed by atoms with Crippen LogP contribution in [0.3, 0.4) is 0 Å². The van der Waals surface area contributed by atoms with Crippen LogP contribution in [0.1, 0.15) is 23.6 Å². The summed E-state index contributed by atoms with van der Waals surface area (Å²) in [5, 5.41) is 12.9. The molecule has 1 unspecified atom stereocenters. The van der Waals surface area contributed by atoms with Crippen molar-refractivity contribution in [2.45, 2.75) is 18.8 Å². The van der Waals surface area contributed by atoms with Crippen molar-refractivity contribution in [2.24, 2.45) is 7.05 Å². The van der Waals surface area contributed by atoms with Gasteiger partial charge in [0.25, 0.3) is 0 Å². The highest BCUT2D eigenvalue weighted by molar-refractivity contribution is 5.77. The van der Waals surface area contributed by atoms with Crippen LogP contribution in [-0.2, 0) is 18.3 Å². The molecule has 4 heteroatoms. The minimum Gasteiger partial charge on any atom is -0.481 e. The summed E-state index contributed by atoms with van der Waals surface area (Å²) in [5.41, 5.74) is 1.97. The summed E-state index contributed by atoms with van der Waals surface area (Å²) >= 11 is 0. The van der Waals surface area contributed by atoms with Gasteiger partial charge in [-0.1, -0.05) is 0 Å². The molecule has 0 aliphatic heterocycles. The number of rotatable bonds is 1. The first kappa shape index (κ1) is 7.34. The molecule has 0 bridgehead atoms. The Balaban J connectivity index is 2.43. The minimum atomic E-state index is -0.734. The summed E-state index contributed by atoms with van der Waals surface area (Å²) in [7, 11) is 1.85. The zero-order valence-corrected chi connectivity index (χ0v) is 6.82. The quantitative estimate of drug-likeness (QED) is 0.662. The maximum atomic E-state index is 10.7. The molecule has 1 aliphatic carbocycles. The fraction of sp³-hybridized carbons (Fsp3) is 0.500. The third kappa shape index (κ3) is 0.841. The Bertz CT molecular complexity index is 330. The van der Waals surface area contributed by atoms with E-state index in [0.717, 1.165) is 24.1 Å². The first-order valence-electron chi connectivity index (χ1n) is 3.93. The second kappa shape index (κ2) is 2.33. The highest BCUT2D eigenvalue weighted by atomic mass is 16.4. The maximum absolute atomic E-state index is 10.7. The number of nitrogens with zero attached hydrogens (tertiary/aromatic N) is 2. The Labute approximate surface area is 69.8 Å². The van der Waals surface area contributed by atoms with Gasteiger partial charge >= 0.3 is 5.97 Å². The van der Waals surface area contributed by atoms with E-state index in [1.54, 1.807) is 10.9 Å². The van der Waals surface area contributed by atoms with Crippen molar-refractivity contribution in [2.75, 3.05) is 0 Å². The molecule has 0 amide bonds. The maximum Gasteiger partial charge on any atom is 0.311 e. The monoisotopic (exact) mass is 166 g/mol. The standard InChI is InChI=1S/C8H10N2O2/c1-10-7-3-2-5(8(11)12)6(7)4-9-10/h4-5H,2-3H2,1H3,(H,11,12). The van der Waals surface area contributed by atoms with Gasteiger partial charge in [0.15, 0.2) is 0 Å². The summed E-state index contributed by atoms with van der Waals surface area (Å²) in [6.45, 7) is 0.